The van der Waals surface area contributed by atoms with Gasteiger partial charge in [-0.25, -0.2) is 0 Å². The maximum atomic E-state index is 5.94. The number of thiocarbonyl (C=S) groups is 1. The highest BCUT2D eigenvalue weighted by molar-refractivity contribution is 9.10. The zero-order valence-corrected chi connectivity index (χ0v) is 20.2. The summed E-state index contributed by atoms with van der Waals surface area (Å²) >= 11 is 8.65. The quantitative estimate of drug-likeness (QED) is 0.215. The number of hydrazone groups is 1. The number of nitrogens with one attached hydrogen (secondary N) is 2. The van der Waals surface area contributed by atoms with Crippen LogP contribution < -0.4 is 25.0 Å². The van der Waals surface area contributed by atoms with E-state index in [0.29, 0.717) is 36.4 Å². The third-order valence-electron chi connectivity index (χ3n) is 4.13. The molecule has 0 radical (unpaired) electrons. The summed E-state index contributed by atoms with van der Waals surface area (Å²) in [6.45, 7) is 10.1. The zero-order valence-electron chi connectivity index (χ0n) is 17.8. The smallest absolute Gasteiger partial charge is 0.186 e. The number of rotatable bonds is 10. The average Bonchev–Trinajstić information content (AvgIpc) is 2.70. The lowest BCUT2D eigenvalue weighted by Gasteiger charge is -2.15. The predicted octanol–water partition coefficient (Wildman–Crippen LogP) is 4.74. The number of ether oxygens (including phenoxy) is 3. The van der Waals surface area contributed by atoms with E-state index in [2.05, 4.69) is 51.7 Å². The lowest BCUT2D eigenvalue weighted by molar-refractivity contribution is 0.207. The van der Waals surface area contributed by atoms with Crippen LogP contribution in [0.2, 0.25) is 0 Å². The van der Waals surface area contributed by atoms with Gasteiger partial charge in [0.25, 0.3) is 0 Å². The lowest BCUT2D eigenvalue weighted by Crippen LogP contribution is -2.31. The summed E-state index contributed by atoms with van der Waals surface area (Å²) in [5, 5.41) is 7.58. The summed E-state index contributed by atoms with van der Waals surface area (Å²) < 4.78 is 18.3. The number of hydrogen-bond acceptors (Lipinski definition) is 5. The van der Waals surface area contributed by atoms with Crippen molar-refractivity contribution in [2.75, 3.05) is 26.4 Å². The van der Waals surface area contributed by atoms with Gasteiger partial charge in [0.1, 0.15) is 19.0 Å². The summed E-state index contributed by atoms with van der Waals surface area (Å²) in [4.78, 5) is 0. The van der Waals surface area contributed by atoms with E-state index in [0.717, 1.165) is 22.3 Å². The second-order valence-corrected chi connectivity index (χ2v) is 7.70. The van der Waals surface area contributed by atoms with Crippen molar-refractivity contribution >= 4 is 39.5 Å². The Bertz CT molecular complexity index is 890. The Labute approximate surface area is 192 Å². The molecule has 2 rings (SSSR count). The molecule has 0 amide bonds. The summed E-state index contributed by atoms with van der Waals surface area (Å²) in [5.74, 6) is 2.10. The molecule has 2 N–H and O–H groups in total. The molecular formula is C22H28BrN3O3S. The number of nitrogens with zero attached hydrogens (tertiary/aromatic N) is 1. The molecule has 0 saturated heterocycles. The van der Waals surface area contributed by atoms with Crippen LogP contribution >= 0.6 is 28.1 Å². The van der Waals surface area contributed by atoms with Crippen molar-refractivity contribution in [3.05, 3.63) is 51.5 Å². The molecular weight excluding hydrogens is 466 g/mol. The Morgan fingerprint density at radius 2 is 1.83 bits per heavy atom. The summed E-state index contributed by atoms with van der Waals surface area (Å²) in [6.07, 6.45) is 1.67. The highest BCUT2D eigenvalue weighted by Crippen LogP contribution is 2.36. The van der Waals surface area contributed by atoms with E-state index in [4.69, 9.17) is 26.4 Å². The number of halogens is 1. The minimum Gasteiger partial charge on any atom is -0.490 e. The van der Waals surface area contributed by atoms with E-state index in [1.807, 2.05) is 38.1 Å². The fourth-order valence-electron chi connectivity index (χ4n) is 2.54. The van der Waals surface area contributed by atoms with Crippen LogP contribution in [0, 0.1) is 13.8 Å². The third-order valence-corrected chi connectivity index (χ3v) is 4.95. The van der Waals surface area contributed by atoms with Crippen LogP contribution in [0.5, 0.6) is 17.2 Å². The van der Waals surface area contributed by atoms with Gasteiger partial charge in [0.15, 0.2) is 16.6 Å². The molecule has 0 fully saturated rings. The van der Waals surface area contributed by atoms with Crippen LogP contribution in [0.25, 0.3) is 0 Å². The highest BCUT2D eigenvalue weighted by Gasteiger charge is 2.12. The summed E-state index contributed by atoms with van der Waals surface area (Å²) in [5.41, 5.74) is 6.06. The number of benzene rings is 2. The Morgan fingerprint density at radius 3 is 2.53 bits per heavy atom. The molecule has 2 aromatic carbocycles. The summed E-state index contributed by atoms with van der Waals surface area (Å²) in [7, 11) is 0. The second kappa shape index (κ2) is 12.4. The predicted molar refractivity (Wildman–Crippen MR) is 129 cm³/mol. The van der Waals surface area contributed by atoms with E-state index in [-0.39, 0.29) is 0 Å². The van der Waals surface area contributed by atoms with Crippen molar-refractivity contribution in [3.63, 3.8) is 0 Å². The standard InChI is InChI=1S/C22H28BrN3O3S/c1-5-24-22(30)26-25-14-17-12-19(23)21(20(13-17)27-6-2)29-10-9-28-18-8-7-15(3)16(4)11-18/h7-8,11-14H,5-6,9-10H2,1-4H3,(H2,24,26,30)/b25-14-. The van der Waals surface area contributed by atoms with Gasteiger partial charge in [-0.05, 0) is 96.8 Å². The van der Waals surface area contributed by atoms with Gasteiger partial charge in [-0.3, -0.25) is 5.43 Å². The third kappa shape index (κ3) is 7.50. The molecule has 6 nitrogen and oxygen atoms in total. The lowest BCUT2D eigenvalue weighted by atomic mass is 10.1. The Morgan fingerprint density at radius 1 is 1.07 bits per heavy atom. The van der Waals surface area contributed by atoms with Gasteiger partial charge in [0.2, 0.25) is 0 Å². The fourth-order valence-corrected chi connectivity index (χ4v) is 3.31. The van der Waals surface area contributed by atoms with E-state index < -0.39 is 0 Å². The Balaban J connectivity index is 1.99. The molecule has 0 aliphatic carbocycles. The van der Waals surface area contributed by atoms with E-state index in [9.17, 15) is 0 Å². The van der Waals surface area contributed by atoms with Gasteiger partial charge in [-0.2, -0.15) is 5.10 Å². The van der Waals surface area contributed by atoms with Crippen LogP contribution in [-0.2, 0) is 0 Å². The minimum absolute atomic E-state index is 0.386. The monoisotopic (exact) mass is 493 g/mol. The van der Waals surface area contributed by atoms with E-state index in [1.165, 1.54) is 11.1 Å². The Kier molecular flexibility index (Phi) is 9.89. The first kappa shape index (κ1) is 24.0. The number of aryl methyl sites for hydroxylation is 2. The largest absolute Gasteiger partial charge is 0.490 e. The normalized spacial score (nSPS) is 10.7. The van der Waals surface area contributed by atoms with Gasteiger partial charge in [-0.1, -0.05) is 6.07 Å². The SMILES string of the molecule is CCNC(=S)N/N=C\c1cc(Br)c(OCCOc2ccc(C)c(C)c2)c(OCC)c1. The van der Waals surface area contributed by atoms with Crippen LogP contribution in [0.4, 0.5) is 0 Å². The number of hydrogen-bond donors (Lipinski definition) is 2. The maximum Gasteiger partial charge on any atom is 0.186 e. The van der Waals surface area contributed by atoms with Crippen molar-refractivity contribution in [1.82, 2.24) is 10.7 Å². The first-order chi connectivity index (χ1) is 14.4. The van der Waals surface area contributed by atoms with Crippen molar-refractivity contribution in [2.24, 2.45) is 5.10 Å². The van der Waals surface area contributed by atoms with Crippen molar-refractivity contribution in [2.45, 2.75) is 27.7 Å². The topological polar surface area (TPSA) is 64.1 Å². The molecule has 0 aliphatic heterocycles. The molecule has 0 heterocycles. The molecule has 30 heavy (non-hydrogen) atoms. The average molecular weight is 494 g/mol. The van der Waals surface area contributed by atoms with E-state index in [1.54, 1.807) is 6.21 Å². The van der Waals surface area contributed by atoms with Gasteiger partial charge in [-0.15, -0.1) is 0 Å². The van der Waals surface area contributed by atoms with Crippen LogP contribution in [-0.4, -0.2) is 37.7 Å². The molecule has 0 spiro atoms. The summed E-state index contributed by atoms with van der Waals surface area (Å²) in [6, 6.07) is 9.82. The molecule has 162 valence electrons. The van der Waals surface area contributed by atoms with Gasteiger partial charge < -0.3 is 19.5 Å². The molecule has 0 bridgehead atoms. The van der Waals surface area contributed by atoms with Crippen molar-refractivity contribution in [3.8, 4) is 17.2 Å². The van der Waals surface area contributed by atoms with Crippen LogP contribution in [0.3, 0.4) is 0 Å². The Hall–Kier alpha value is -2.32. The zero-order chi connectivity index (χ0) is 21.9. The second-order valence-electron chi connectivity index (χ2n) is 6.44. The van der Waals surface area contributed by atoms with Crippen LogP contribution in [0.15, 0.2) is 39.9 Å². The van der Waals surface area contributed by atoms with Gasteiger partial charge in [0.05, 0.1) is 17.3 Å². The molecule has 0 aromatic heterocycles. The highest BCUT2D eigenvalue weighted by atomic mass is 79.9. The fraction of sp³-hybridized carbons (Fsp3) is 0.364. The maximum absolute atomic E-state index is 5.94. The van der Waals surface area contributed by atoms with Gasteiger partial charge in [0, 0.05) is 6.54 Å². The molecule has 0 aliphatic rings. The molecule has 8 heteroatoms. The van der Waals surface area contributed by atoms with Crippen molar-refractivity contribution < 1.29 is 14.2 Å². The first-order valence-electron chi connectivity index (χ1n) is 9.80. The molecule has 2 aromatic rings. The molecule has 0 unspecified atom stereocenters. The molecule has 0 atom stereocenters. The first-order valence-corrected chi connectivity index (χ1v) is 11.0. The van der Waals surface area contributed by atoms with E-state index >= 15 is 0 Å². The minimum atomic E-state index is 0.386. The van der Waals surface area contributed by atoms with Crippen molar-refractivity contribution in [1.29, 1.82) is 0 Å². The molecule has 0 saturated carbocycles. The van der Waals surface area contributed by atoms with Gasteiger partial charge >= 0.3 is 0 Å². The van der Waals surface area contributed by atoms with Crippen LogP contribution in [0.1, 0.15) is 30.5 Å².